The number of imidazole rings is 1. The molecule has 0 aliphatic rings. The van der Waals surface area contributed by atoms with Gasteiger partial charge in [0.2, 0.25) is 10.0 Å². The summed E-state index contributed by atoms with van der Waals surface area (Å²) in [6.07, 6.45) is 4.96. The minimum Gasteiger partial charge on any atom is -0.351 e. The largest absolute Gasteiger partial charge is 0.351 e. The summed E-state index contributed by atoms with van der Waals surface area (Å²) in [4.78, 5) is 7.15. The fraction of sp³-hybridized carbons (Fsp3) is 0.211. The van der Waals surface area contributed by atoms with Gasteiger partial charge in [0.05, 0.1) is 17.8 Å². The summed E-state index contributed by atoms with van der Waals surface area (Å²) < 4.78 is 27.0. The van der Waals surface area contributed by atoms with E-state index in [1.807, 2.05) is 30.5 Å². The normalized spacial score (nSPS) is 11.6. The first-order valence-corrected chi connectivity index (χ1v) is 10.3. The van der Waals surface area contributed by atoms with Gasteiger partial charge in [0, 0.05) is 24.2 Å². The fourth-order valence-corrected chi connectivity index (χ4v) is 3.89. The van der Waals surface area contributed by atoms with Crippen molar-refractivity contribution in [1.82, 2.24) is 14.7 Å². The summed E-state index contributed by atoms with van der Waals surface area (Å²) in [7, 11) is -3.36. The van der Waals surface area contributed by atoms with Gasteiger partial charge in [0.1, 0.15) is 0 Å². The summed E-state index contributed by atoms with van der Waals surface area (Å²) in [5, 5.41) is 0.592. The van der Waals surface area contributed by atoms with E-state index in [-0.39, 0.29) is 5.75 Å². The Morgan fingerprint density at radius 3 is 2.27 bits per heavy atom. The predicted octanol–water partition coefficient (Wildman–Crippen LogP) is 3.32. The molecule has 0 aliphatic carbocycles. The summed E-state index contributed by atoms with van der Waals surface area (Å²) in [6.45, 7) is 0.370. The van der Waals surface area contributed by atoms with Gasteiger partial charge < -0.3 is 4.98 Å². The minimum atomic E-state index is -3.36. The Kier molecular flexibility index (Phi) is 6.08. The Morgan fingerprint density at radius 2 is 1.62 bits per heavy atom. The first kappa shape index (κ1) is 18.6. The van der Waals surface area contributed by atoms with Gasteiger partial charge in [-0.1, -0.05) is 48.0 Å². The lowest BCUT2D eigenvalue weighted by molar-refractivity contribution is 0.581. The number of aromatic nitrogens is 2. The topological polar surface area (TPSA) is 74.8 Å². The SMILES string of the molecule is O=S(=O)(Cc1ccc(Cl)cc1)NCCc1ccc(Cc2c[nH]cn2)cc1. The number of hydrogen-bond donors (Lipinski definition) is 2. The highest BCUT2D eigenvalue weighted by Crippen LogP contribution is 2.12. The molecule has 0 saturated heterocycles. The first-order chi connectivity index (χ1) is 12.5. The van der Waals surface area contributed by atoms with Crippen LogP contribution in [0.4, 0.5) is 0 Å². The van der Waals surface area contributed by atoms with Crippen LogP contribution in [-0.2, 0) is 28.6 Å². The molecule has 0 amide bonds. The second-order valence-electron chi connectivity index (χ2n) is 6.08. The second-order valence-corrected chi connectivity index (χ2v) is 8.33. The monoisotopic (exact) mass is 389 g/mol. The third-order valence-electron chi connectivity index (χ3n) is 3.97. The molecule has 0 fully saturated rings. The minimum absolute atomic E-state index is 0.0488. The van der Waals surface area contributed by atoms with Crippen LogP contribution in [0.5, 0.6) is 0 Å². The quantitative estimate of drug-likeness (QED) is 0.620. The lowest BCUT2D eigenvalue weighted by Crippen LogP contribution is -2.27. The summed E-state index contributed by atoms with van der Waals surface area (Å²) in [5.74, 6) is -0.0488. The molecule has 0 radical (unpaired) electrons. The van der Waals surface area contributed by atoms with Crippen LogP contribution in [0.1, 0.15) is 22.4 Å². The number of halogens is 1. The Hall–Kier alpha value is -2.15. The van der Waals surface area contributed by atoms with Crippen LogP contribution in [0.2, 0.25) is 5.02 Å². The van der Waals surface area contributed by atoms with E-state index in [1.54, 1.807) is 30.6 Å². The van der Waals surface area contributed by atoms with Crippen molar-refractivity contribution in [2.24, 2.45) is 0 Å². The van der Waals surface area contributed by atoms with Crippen LogP contribution in [0, 0.1) is 0 Å². The van der Waals surface area contributed by atoms with Gasteiger partial charge in [-0.3, -0.25) is 0 Å². The van der Waals surface area contributed by atoms with E-state index in [0.29, 0.717) is 23.6 Å². The molecular formula is C19H20ClN3O2S. The van der Waals surface area contributed by atoms with E-state index in [9.17, 15) is 8.42 Å². The maximum absolute atomic E-state index is 12.2. The second kappa shape index (κ2) is 8.49. The van der Waals surface area contributed by atoms with E-state index < -0.39 is 10.0 Å². The molecule has 0 spiro atoms. The number of nitrogens with one attached hydrogen (secondary N) is 2. The molecule has 3 rings (SSSR count). The number of hydrogen-bond acceptors (Lipinski definition) is 3. The fourth-order valence-electron chi connectivity index (χ4n) is 2.62. The molecular weight excluding hydrogens is 370 g/mol. The van der Waals surface area contributed by atoms with E-state index in [4.69, 9.17) is 11.6 Å². The number of rotatable bonds is 8. The molecule has 26 heavy (non-hydrogen) atoms. The van der Waals surface area contributed by atoms with Crippen molar-refractivity contribution < 1.29 is 8.42 Å². The van der Waals surface area contributed by atoms with E-state index in [1.165, 1.54) is 5.56 Å². The highest BCUT2D eigenvalue weighted by atomic mass is 35.5. The third-order valence-corrected chi connectivity index (χ3v) is 5.58. The van der Waals surface area contributed by atoms with Crippen LogP contribution >= 0.6 is 11.6 Å². The molecule has 0 atom stereocenters. The van der Waals surface area contributed by atoms with Gasteiger partial charge in [-0.05, 0) is 35.2 Å². The van der Waals surface area contributed by atoms with Crippen LogP contribution in [0.3, 0.4) is 0 Å². The van der Waals surface area contributed by atoms with E-state index in [0.717, 1.165) is 17.7 Å². The van der Waals surface area contributed by atoms with E-state index in [2.05, 4.69) is 14.7 Å². The average molecular weight is 390 g/mol. The summed E-state index contributed by atoms with van der Waals surface area (Å²) in [6, 6.07) is 15.0. The highest BCUT2D eigenvalue weighted by molar-refractivity contribution is 7.88. The Bertz CT molecular complexity index is 922. The standard InChI is InChI=1S/C19H20ClN3O2S/c20-18-7-5-17(6-8-18)13-26(24,25)23-10-9-15-1-3-16(4-2-15)11-19-12-21-14-22-19/h1-8,12,14,23H,9-11,13H2,(H,21,22). The van der Waals surface area contributed by atoms with Gasteiger partial charge in [-0.25, -0.2) is 18.1 Å². The van der Waals surface area contributed by atoms with Gasteiger partial charge in [0.15, 0.2) is 0 Å². The van der Waals surface area contributed by atoms with Crippen molar-refractivity contribution >= 4 is 21.6 Å². The molecule has 1 heterocycles. The lowest BCUT2D eigenvalue weighted by Gasteiger charge is -2.08. The van der Waals surface area contributed by atoms with Crippen molar-refractivity contribution in [2.75, 3.05) is 6.54 Å². The summed E-state index contributed by atoms with van der Waals surface area (Å²) >= 11 is 5.81. The van der Waals surface area contributed by atoms with E-state index >= 15 is 0 Å². The zero-order valence-electron chi connectivity index (χ0n) is 14.2. The molecule has 0 saturated carbocycles. The van der Waals surface area contributed by atoms with Gasteiger partial charge in [-0.2, -0.15) is 0 Å². The van der Waals surface area contributed by atoms with Gasteiger partial charge >= 0.3 is 0 Å². The third kappa shape index (κ3) is 5.69. The van der Waals surface area contributed by atoms with Crippen LogP contribution in [-0.4, -0.2) is 24.9 Å². The number of nitrogens with zero attached hydrogens (tertiary/aromatic N) is 1. The lowest BCUT2D eigenvalue weighted by atomic mass is 10.1. The highest BCUT2D eigenvalue weighted by Gasteiger charge is 2.11. The number of benzene rings is 2. The average Bonchev–Trinajstić information content (AvgIpc) is 3.11. The molecule has 136 valence electrons. The van der Waals surface area contributed by atoms with Crippen LogP contribution < -0.4 is 4.72 Å². The van der Waals surface area contributed by atoms with Crippen LogP contribution in [0.15, 0.2) is 61.1 Å². The van der Waals surface area contributed by atoms with Crippen molar-refractivity contribution in [3.05, 3.63) is 88.5 Å². The Balaban J connectivity index is 1.48. The predicted molar refractivity (Wildman–Crippen MR) is 104 cm³/mol. The first-order valence-electron chi connectivity index (χ1n) is 8.27. The van der Waals surface area contributed by atoms with Crippen molar-refractivity contribution in [2.45, 2.75) is 18.6 Å². The molecule has 0 aliphatic heterocycles. The van der Waals surface area contributed by atoms with Crippen LogP contribution in [0.25, 0.3) is 0 Å². The molecule has 2 N–H and O–H groups in total. The molecule has 7 heteroatoms. The molecule has 1 aromatic heterocycles. The van der Waals surface area contributed by atoms with Gasteiger partial charge in [0.25, 0.3) is 0 Å². The number of sulfonamides is 1. The Morgan fingerprint density at radius 1 is 0.962 bits per heavy atom. The molecule has 2 aromatic carbocycles. The zero-order valence-corrected chi connectivity index (χ0v) is 15.7. The molecule has 0 bridgehead atoms. The smallest absolute Gasteiger partial charge is 0.215 e. The van der Waals surface area contributed by atoms with Crippen molar-refractivity contribution in [3.8, 4) is 0 Å². The maximum Gasteiger partial charge on any atom is 0.215 e. The number of aromatic amines is 1. The maximum atomic E-state index is 12.2. The zero-order chi connectivity index (χ0) is 18.4. The summed E-state index contributed by atoms with van der Waals surface area (Å²) in [5.41, 5.74) is 3.96. The molecule has 5 nitrogen and oxygen atoms in total. The van der Waals surface area contributed by atoms with Gasteiger partial charge in [-0.15, -0.1) is 0 Å². The number of H-pyrrole nitrogens is 1. The Labute approximate surface area is 158 Å². The van der Waals surface area contributed by atoms with Crippen molar-refractivity contribution in [3.63, 3.8) is 0 Å². The molecule has 3 aromatic rings. The molecule has 0 unspecified atom stereocenters. The van der Waals surface area contributed by atoms with Crippen molar-refractivity contribution in [1.29, 1.82) is 0 Å².